The molecule has 6 nitrogen and oxygen atoms in total. The zero-order valence-electron chi connectivity index (χ0n) is 18.3. The highest BCUT2D eigenvalue weighted by Gasteiger charge is 2.47. The van der Waals surface area contributed by atoms with Crippen molar-refractivity contribution >= 4 is 17.2 Å². The van der Waals surface area contributed by atoms with Crippen molar-refractivity contribution in [3.8, 4) is 0 Å². The van der Waals surface area contributed by atoms with E-state index in [1.54, 1.807) is 13.2 Å². The molecule has 2 atom stereocenters. The van der Waals surface area contributed by atoms with Crippen LogP contribution >= 0.6 is 0 Å². The van der Waals surface area contributed by atoms with E-state index in [0.717, 1.165) is 31.2 Å². The van der Waals surface area contributed by atoms with Gasteiger partial charge in [0.05, 0.1) is 17.9 Å². The molecule has 0 aliphatic heterocycles. The van der Waals surface area contributed by atoms with E-state index in [-0.39, 0.29) is 17.3 Å². The van der Waals surface area contributed by atoms with Crippen LogP contribution in [0.5, 0.6) is 0 Å². The van der Waals surface area contributed by atoms with E-state index in [0.29, 0.717) is 18.6 Å². The maximum absolute atomic E-state index is 13.2. The van der Waals surface area contributed by atoms with Gasteiger partial charge in [0.15, 0.2) is 0 Å². The zero-order chi connectivity index (χ0) is 22.9. The predicted octanol–water partition coefficient (Wildman–Crippen LogP) is 3.50. The first kappa shape index (κ1) is 23.3. The number of nitrogens with zero attached hydrogens (tertiary/aromatic N) is 3. The number of fused-ring (bicyclic) bond motifs is 1. The molecule has 9 heteroatoms. The van der Waals surface area contributed by atoms with Crippen LogP contribution in [0.2, 0.25) is 0 Å². The van der Waals surface area contributed by atoms with Gasteiger partial charge in [-0.3, -0.25) is 4.99 Å². The van der Waals surface area contributed by atoms with Gasteiger partial charge < -0.3 is 21.1 Å². The molecule has 2 aliphatic rings. The van der Waals surface area contributed by atoms with Crippen molar-refractivity contribution in [1.29, 1.82) is 0 Å². The highest BCUT2D eigenvalue weighted by molar-refractivity contribution is 6.16. The van der Waals surface area contributed by atoms with Crippen molar-refractivity contribution in [3.63, 3.8) is 0 Å². The van der Waals surface area contributed by atoms with Crippen LogP contribution in [0.15, 0.2) is 34.5 Å². The fourth-order valence-corrected chi connectivity index (χ4v) is 4.09. The molecule has 0 aromatic carbocycles. The number of allylic oxidation sites excluding steroid dienone is 2. The molecule has 2 aliphatic carbocycles. The molecular weight excluding hydrogens is 407 g/mol. The smallest absolute Gasteiger partial charge is 0.398 e. The summed E-state index contributed by atoms with van der Waals surface area (Å²) in [4.78, 5) is 10.7. The average Bonchev–Trinajstić information content (AvgIpc) is 3.17. The molecule has 0 bridgehead atoms. The van der Waals surface area contributed by atoms with Gasteiger partial charge in [-0.15, -0.1) is 0 Å². The van der Waals surface area contributed by atoms with Gasteiger partial charge >= 0.3 is 6.18 Å². The van der Waals surface area contributed by atoms with Gasteiger partial charge in [-0.25, -0.2) is 4.98 Å². The maximum atomic E-state index is 13.2. The Balaban J connectivity index is 1.83. The largest absolute Gasteiger partial charge is 0.419 e. The Morgan fingerprint density at radius 3 is 2.68 bits per heavy atom. The number of likely N-dealkylation sites (N-methyl/N-ethyl adjacent to an activating group) is 1. The van der Waals surface area contributed by atoms with Crippen molar-refractivity contribution in [2.75, 3.05) is 33.0 Å². The third-order valence-electron chi connectivity index (χ3n) is 5.79. The number of ether oxygens (including phenoxy) is 1. The van der Waals surface area contributed by atoms with Gasteiger partial charge in [0.1, 0.15) is 5.82 Å². The van der Waals surface area contributed by atoms with Crippen LogP contribution in [0.25, 0.3) is 5.70 Å². The minimum atomic E-state index is -4.59. The summed E-state index contributed by atoms with van der Waals surface area (Å²) in [5.74, 6) is -0.197. The molecule has 1 aromatic heterocycles. The molecule has 31 heavy (non-hydrogen) atoms. The lowest BCUT2D eigenvalue weighted by atomic mass is 10.0. The van der Waals surface area contributed by atoms with Gasteiger partial charge in [0.2, 0.25) is 0 Å². The number of hydrogen-bond acceptors (Lipinski definition) is 6. The van der Waals surface area contributed by atoms with Crippen LogP contribution in [-0.2, 0) is 10.9 Å². The molecule has 1 saturated carbocycles. The van der Waals surface area contributed by atoms with E-state index in [4.69, 9.17) is 21.2 Å². The summed E-state index contributed by atoms with van der Waals surface area (Å²) in [6.07, 6.45) is 0.307. The van der Waals surface area contributed by atoms with E-state index in [1.807, 2.05) is 13.8 Å². The molecule has 0 spiro atoms. The van der Waals surface area contributed by atoms with Crippen LogP contribution in [0.3, 0.4) is 0 Å². The highest BCUT2D eigenvalue weighted by Crippen LogP contribution is 2.53. The first-order chi connectivity index (χ1) is 14.5. The number of alkyl halides is 3. The Hall–Kier alpha value is -2.39. The molecule has 0 amide bonds. The van der Waals surface area contributed by atoms with E-state index < -0.39 is 17.6 Å². The minimum Gasteiger partial charge on any atom is -0.398 e. The third-order valence-corrected chi connectivity index (χ3v) is 5.79. The standard InChI is InChI=1S/C22H30F3N5O/c1-12(2)29-19(20-15-8-14(9-16(15)20)30(3)5-6-31-4)10-18(26)13-7-17(22(23,24)25)21(27)28-11-13/h7,10-12,14-15H,5-6,8-9,26H2,1-4H3,(H2,27,28)/t14-,15+/m0/s1. The lowest BCUT2D eigenvalue weighted by molar-refractivity contribution is -0.137. The van der Waals surface area contributed by atoms with Crippen molar-refractivity contribution in [2.45, 2.75) is 44.9 Å². The molecule has 0 saturated heterocycles. The Morgan fingerprint density at radius 2 is 2.13 bits per heavy atom. The van der Waals surface area contributed by atoms with Gasteiger partial charge in [-0.1, -0.05) is 5.57 Å². The van der Waals surface area contributed by atoms with Crippen molar-refractivity contribution < 1.29 is 17.9 Å². The molecular formula is C22H30F3N5O. The van der Waals surface area contributed by atoms with Crippen LogP contribution < -0.4 is 11.5 Å². The van der Waals surface area contributed by atoms with E-state index >= 15 is 0 Å². The fraction of sp³-hybridized carbons (Fsp3) is 0.545. The van der Waals surface area contributed by atoms with Crippen LogP contribution in [0.4, 0.5) is 19.0 Å². The first-order valence-electron chi connectivity index (χ1n) is 10.3. The van der Waals surface area contributed by atoms with Crippen molar-refractivity contribution in [2.24, 2.45) is 16.6 Å². The molecule has 0 unspecified atom stereocenters. The van der Waals surface area contributed by atoms with Gasteiger partial charge in [0.25, 0.3) is 0 Å². The van der Waals surface area contributed by atoms with Gasteiger partial charge in [0, 0.05) is 49.1 Å². The number of anilines is 1. The first-order valence-corrected chi connectivity index (χ1v) is 10.3. The number of hydrogen-bond donors (Lipinski definition) is 2. The summed E-state index contributed by atoms with van der Waals surface area (Å²) >= 11 is 0. The SMILES string of the molecule is COCCN(C)[C@@H]1CC2=C(C(C=C(N)c3cnc(N)c(C(F)(F)F)c3)=NC(C)C)[C@@H]2C1. The van der Waals surface area contributed by atoms with Crippen LogP contribution in [0, 0.1) is 5.92 Å². The number of pyridine rings is 1. The van der Waals surface area contributed by atoms with E-state index in [2.05, 4.69) is 16.9 Å². The summed E-state index contributed by atoms with van der Waals surface area (Å²) in [5.41, 5.74) is 14.2. The number of aliphatic imine (C=N–C) groups is 1. The number of rotatable bonds is 8. The second-order valence-corrected chi connectivity index (χ2v) is 8.42. The number of aromatic nitrogens is 1. The predicted molar refractivity (Wildman–Crippen MR) is 116 cm³/mol. The van der Waals surface area contributed by atoms with Crippen molar-refractivity contribution in [1.82, 2.24) is 9.88 Å². The number of nitrogens with two attached hydrogens (primary N) is 2. The second kappa shape index (κ2) is 9.00. The lowest BCUT2D eigenvalue weighted by Crippen LogP contribution is -2.33. The Labute approximate surface area is 180 Å². The topological polar surface area (TPSA) is 89.8 Å². The van der Waals surface area contributed by atoms with E-state index in [9.17, 15) is 13.2 Å². The average molecular weight is 438 g/mol. The molecule has 1 fully saturated rings. The normalized spacial score (nSPS) is 22.0. The highest BCUT2D eigenvalue weighted by atomic mass is 19.4. The molecule has 0 radical (unpaired) electrons. The maximum Gasteiger partial charge on any atom is 0.419 e. The van der Waals surface area contributed by atoms with Crippen LogP contribution in [-0.4, -0.2) is 55.0 Å². The minimum absolute atomic E-state index is 0.0314. The monoisotopic (exact) mass is 437 g/mol. The third kappa shape index (κ3) is 5.27. The summed E-state index contributed by atoms with van der Waals surface area (Å²) in [6.45, 7) is 5.49. The summed E-state index contributed by atoms with van der Waals surface area (Å²) in [7, 11) is 3.79. The van der Waals surface area contributed by atoms with E-state index in [1.165, 1.54) is 17.3 Å². The van der Waals surface area contributed by atoms with Gasteiger partial charge in [-0.05, 0) is 51.5 Å². The second-order valence-electron chi connectivity index (χ2n) is 8.42. The molecule has 4 N–H and O–H groups in total. The lowest BCUT2D eigenvalue weighted by Gasteiger charge is -2.24. The van der Waals surface area contributed by atoms with Crippen molar-refractivity contribution in [3.05, 3.63) is 40.6 Å². The Morgan fingerprint density at radius 1 is 1.42 bits per heavy atom. The number of nitrogen functional groups attached to an aromatic ring is 1. The molecule has 1 heterocycles. The fourth-order valence-electron chi connectivity index (χ4n) is 4.09. The summed E-state index contributed by atoms with van der Waals surface area (Å²) in [6, 6.07) is 1.44. The quantitative estimate of drug-likeness (QED) is 0.608. The number of halogens is 3. The van der Waals surface area contributed by atoms with Crippen LogP contribution in [0.1, 0.15) is 37.8 Å². The molecule has 3 rings (SSSR count). The Kier molecular flexibility index (Phi) is 6.76. The molecule has 170 valence electrons. The summed E-state index contributed by atoms with van der Waals surface area (Å²) in [5, 5.41) is 0. The van der Waals surface area contributed by atoms with Gasteiger partial charge in [-0.2, -0.15) is 13.2 Å². The number of methoxy groups -OCH3 is 1. The Bertz CT molecular complexity index is 920. The summed E-state index contributed by atoms with van der Waals surface area (Å²) < 4.78 is 44.7. The zero-order valence-corrected chi connectivity index (χ0v) is 18.3. The molecule has 1 aromatic rings.